The van der Waals surface area contributed by atoms with Crippen LogP contribution in [-0.2, 0) is 11.3 Å². The van der Waals surface area contributed by atoms with Crippen LogP contribution in [0.3, 0.4) is 0 Å². The molecule has 3 aromatic rings. The van der Waals surface area contributed by atoms with E-state index in [-0.39, 0.29) is 6.10 Å². The number of hydrogen-bond donors (Lipinski definition) is 2. The SMILES string of the molecule is NCc1ccc(-c2cnc3ccc(NC[C@@H]4CCCO4)nn23)cc1. The lowest BCUT2D eigenvalue weighted by Gasteiger charge is -2.11. The molecule has 1 aliphatic heterocycles. The van der Waals surface area contributed by atoms with Gasteiger partial charge in [-0.25, -0.2) is 9.50 Å². The molecule has 1 atom stereocenters. The number of fused-ring (bicyclic) bond motifs is 1. The van der Waals surface area contributed by atoms with E-state index >= 15 is 0 Å². The van der Waals surface area contributed by atoms with Crippen molar-refractivity contribution in [2.24, 2.45) is 5.73 Å². The van der Waals surface area contributed by atoms with Crippen LogP contribution in [0, 0.1) is 0 Å². The zero-order valence-corrected chi connectivity index (χ0v) is 13.5. The molecule has 0 spiro atoms. The van der Waals surface area contributed by atoms with Crippen molar-refractivity contribution in [3.63, 3.8) is 0 Å². The lowest BCUT2D eigenvalue weighted by molar-refractivity contribution is 0.120. The molecule has 6 heteroatoms. The van der Waals surface area contributed by atoms with Crippen molar-refractivity contribution in [1.29, 1.82) is 0 Å². The molecule has 0 bridgehead atoms. The molecule has 24 heavy (non-hydrogen) atoms. The van der Waals surface area contributed by atoms with E-state index in [0.29, 0.717) is 6.54 Å². The molecule has 0 saturated carbocycles. The highest BCUT2D eigenvalue weighted by atomic mass is 16.5. The van der Waals surface area contributed by atoms with Gasteiger partial charge >= 0.3 is 0 Å². The highest BCUT2D eigenvalue weighted by Gasteiger charge is 2.15. The van der Waals surface area contributed by atoms with E-state index in [1.54, 1.807) is 0 Å². The molecule has 3 N–H and O–H groups in total. The first-order chi connectivity index (χ1) is 11.8. The maximum Gasteiger partial charge on any atom is 0.154 e. The van der Waals surface area contributed by atoms with Gasteiger partial charge < -0.3 is 15.8 Å². The van der Waals surface area contributed by atoms with E-state index in [9.17, 15) is 0 Å². The molecule has 1 saturated heterocycles. The second-order valence-corrected chi connectivity index (χ2v) is 6.05. The van der Waals surface area contributed by atoms with Gasteiger partial charge in [0.25, 0.3) is 0 Å². The molecule has 0 unspecified atom stereocenters. The molecule has 1 aliphatic rings. The highest BCUT2D eigenvalue weighted by molar-refractivity contribution is 5.63. The third-order valence-corrected chi connectivity index (χ3v) is 4.38. The van der Waals surface area contributed by atoms with Crippen molar-refractivity contribution in [3.8, 4) is 11.3 Å². The number of nitrogens with one attached hydrogen (secondary N) is 1. The van der Waals surface area contributed by atoms with Gasteiger partial charge in [0.2, 0.25) is 0 Å². The molecule has 6 nitrogen and oxygen atoms in total. The van der Waals surface area contributed by atoms with Crippen LogP contribution in [-0.4, -0.2) is 33.9 Å². The topological polar surface area (TPSA) is 77.5 Å². The smallest absolute Gasteiger partial charge is 0.154 e. The van der Waals surface area contributed by atoms with E-state index in [0.717, 1.165) is 54.3 Å². The molecule has 124 valence electrons. The van der Waals surface area contributed by atoms with Crippen molar-refractivity contribution in [2.75, 3.05) is 18.5 Å². The van der Waals surface area contributed by atoms with E-state index in [2.05, 4.69) is 27.5 Å². The van der Waals surface area contributed by atoms with Gasteiger partial charge in [-0.1, -0.05) is 24.3 Å². The Morgan fingerprint density at radius 2 is 2.08 bits per heavy atom. The number of aromatic nitrogens is 3. The van der Waals surface area contributed by atoms with Gasteiger partial charge in [0.15, 0.2) is 5.65 Å². The molecule has 3 heterocycles. The van der Waals surface area contributed by atoms with Crippen LogP contribution in [0.25, 0.3) is 16.9 Å². The average molecular weight is 323 g/mol. The Bertz CT molecular complexity index is 821. The number of anilines is 1. The van der Waals surface area contributed by atoms with Gasteiger partial charge in [0, 0.05) is 25.3 Å². The number of benzene rings is 1. The molecule has 1 aromatic carbocycles. The Hall–Kier alpha value is -2.44. The van der Waals surface area contributed by atoms with Gasteiger partial charge in [-0.2, -0.15) is 0 Å². The first-order valence-corrected chi connectivity index (χ1v) is 8.33. The Morgan fingerprint density at radius 1 is 1.21 bits per heavy atom. The number of rotatable bonds is 5. The monoisotopic (exact) mass is 323 g/mol. The summed E-state index contributed by atoms with van der Waals surface area (Å²) in [7, 11) is 0. The molecule has 4 rings (SSSR count). The van der Waals surface area contributed by atoms with Gasteiger partial charge in [-0.15, -0.1) is 5.10 Å². The Labute approximate surface area is 140 Å². The normalized spacial score (nSPS) is 17.5. The minimum Gasteiger partial charge on any atom is -0.376 e. The summed E-state index contributed by atoms with van der Waals surface area (Å²) >= 11 is 0. The summed E-state index contributed by atoms with van der Waals surface area (Å²) in [6, 6.07) is 12.1. The average Bonchev–Trinajstić information content (AvgIpc) is 3.29. The third kappa shape index (κ3) is 2.98. The third-order valence-electron chi connectivity index (χ3n) is 4.38. The lowest BCUT2D eigenvalue weighted by Crippen LogP contribution is -2.19. The first kappa shape index (κ1) is 15.1. The highest BCUT2D eigenvalue weighted by Crippen LogP contribution is 2.21. The van der Waals surface area contributed by atoms with Crippen molar-refractivity contribution in [3.05, 3.63) is 48.2 Å². The van der Waals surface area contributed by atoms with Crippen LogP contribution < -0.4 is 11.1 Å². The predicted molar refractivity (Wildman–Crippen MR) is 93.8 cm³/mol. The standard InChI is InChI=1S/C18H21N5O/c19-10-13-3-5-14(6-4-13)16-12-21-18-8-7-17(22-23(16)18)20-11-15-2-1-9-24-15/h3-8,12,15H,1-2,9-11,19H2,(H,20,22)/t15-/m0/s1. The minimum absolute atomic E-state index is 0.286. The van der Waals surface area contributed by atoms with E-state index < -0.39 is 0 Å². The number of imidazole rings is 1. The summed E-state index contributed by atoms with van der Waals surface area (Å²) in [5.74, 6) is 0.829. The second kappa shape index (κ2) is 6.59. The van der Waals surface area contributed by atoms with Crippen molar-refractivity contribution < 1.29 is 4.74 Å². The number of nitrogens with two attached hydrogens (primary N) is 1. The fourth-order valence-electron chi connectivity index (χ4n) is 3.00. The maximum atomic E-state index is 5.67. The molecule has 0 amide bonds. The minimum atomic E-state index is 0.286. The molecule has 0 aliphatic carbocycles. The van der Waals surface area contributed by atoms with Crippen molar-refractivity contribution in [2.45, 2.75) is 25.5 Å². The van der Waals surface area contributed by atoms with Gasteiger partial charge in [-0.05, 0) is 30.5 Å². The summed E-state index contributed by atoms with van der Waals surface area (Å²) in [6.07, 6.45) is 4.39. The van der Waals surface area contributed by atoms with Crippen LogP contribution in [0.1, 0.15) is 18.4 Å². The van der Waals surface area contributed by atoms with E-state index in [4.69, 9.17) is 10.5 Å². The summed E-state index contributed by atoms with van der Waals surface area (Å²) in [5, 5.41) is 8.04. The molecule has 2 aromatic heterocycles. The van der Waals surface area contributed by atoms with Gasteiger partial charge in [0.05, 0.1) is 18.0 Å². The van der Waals surface area contributed by atoms with Crippen LogP contribution >= 0.6 is 0 Å². The van der Waals surface area contributed by atoms with Crippen molar-refractivity contribution >= 4 is 11.5 Å². The lowest BCUT2D eigenvalue weighted by atomic mass is 10.1. The van der Waals surface area contributed by atoms with Crippen LogP contribution in [0.2, 0.25) is 0 Å². The Balaban J connectivity index is 1.60. The maximum absolute atomic E-state index is 5.67. The molecular weight excluding hydrogens is 302 g/mol. The Kier molecular flexibility index (Phi) is 4.15. The number of hydrogen-bond acceptors (Lipinski definition) is 5. The van der Waals surface area contributed by atoms with E-state index in [1.165, 1.54) is 0 Å². The fraction of sp³-hybridized carbons (Fsp3) is 0.333. The fourth-order valence-corrected chi connectivity index (χ4v) is 3.00. The molecule has 1 fully saturated rings. The zero-order chi connectivity index (χ0) is 16.4. The van der Waals surface area contributed by atoms with Crippen LogP contribution in [0.15, 0.2) is 42.6 Å². The Morgan fingerprint density at radius 3 is 2.83 bits per heavy atom. The van der Waals surface area contributed by atoms with Crippen LogP contribution in [0.5, 0.6) is 0 Å². The van der Waals surface area contributed by atoms with E-state index in [1.807, 2.05) is 35.0 Å². The summed E-state index contributed by atoms with van der Waals surface area (Å²) in [4.78, 5) is 4.44. The molecular formula is C18H21N5O. The zero-order valence-electron chi connectivity index (χ0n) is 13.5. The second-order valence-electron chi connectivity index (χ2n) is 6.05. The first-order valence-electron chi connectivity index (χ1n) is 8.33. The van der Waals surface area contributed by atoms with Crippen LogP contribution in [0.4, 0.5) is 5.82 Å². The summed E-state index contributed by atoms with van der Waals surface area (Å²) < 4.78 is 7.51. The van der Waals surface area contributed by atoms with Gasteiger partial charge in [-0.3, -0.25) is 0 Å². The number of nitrogens with zero attached hydrogens (tertiary/aromatic N) is 3. The number of ether oxygens (including phenoxy) is 1. The summed E-state index contributed by atoms with van der Waals surface area (Å²) in [5.41, 5.74) is 9.65. The quantitative estimate of drug-likeness (QED) is 0.754. The van der Waals surface area contributed by atoms with Gasteiger partial charge in [0.1, 0.15) is 5.82 Å². The largest absolute Gasteiger partial charge is 0.376 e. The predicted octanol–water partition coefficient (Wildman–Crippen LogP) is 2.45. The molecule has 0 radical (unpaired) electrons. The summed E-state index contributed by atoms with van der Waals surface area (Å²) in [6.45, 7) is 2.19. The van der Waals surface area contributed by atoms with Crippen molar-refractivity contribution in [1.82, 2.24) is 14.6 Å².